The zero-order valence-corrected chi connectivity index (χ0v) is 14.4. The van der Waals surface area contributed by atoms with Crippen LogP contribution in [0, 0.1) is 0 Å². The molecule has 1 atom stereocenters. The lowest BCUT2D eigenvalue weighted by atomic mass is 10.2. The van der Waals surface area contributed by atoms with Gasteiger partial charge in [-0.05, 0) is 43.3 Å². The molecule has 150 valence electrons. The Morgan fingerprint density at radius 1 is 0.893 bits per heavy atom. The first kappa shape index (κ1) is 21.0. The predicted molar refractivity (Wildman–Crippen MR) is 89.7 cm³/mol. The largest absolute Gasteiger partial charge is 0.449 e. The van der Waals surface area contributed by atoms with E-state index >= 15 is 0 Å². The Morgan fingerprint density at radius 3 is 2.11 bits per heavy atom. The molecule has 0 radical (unpaired) electrons. The minimum Gasteiger partial charge on any atom is -0.449 e. The Labute approximate surface area is 157 Å². The number of alkyl halides is 4. The molecule has 10 heteroatoms. The number of halogens is 4. The Bertz CT molecular complexity index is 814. The molecule has 0 bridgehead atoms. The fourth-order valence-corrected chi connectivity index (χ4v) is 2.06. The van der Waals surface area contributed by atoms with Gasteiger partial charge < -0.3 is 19.5 Å². The van der Waals surface area contributed by atoms with Gasteiger partial charge in [0.1, 0.15) is 11.5 Å². The maximum Gasteiger partial charge on any atom is 0.387 e. The highest BCUT2D eigenvalue weighted by molar-refractivity contribution is 5.98. The van der Waals surface area contributed by atoms with Crippen molar-refractivity contribution in [1.82, 2.24) is 0 Å². The smallest absolute Gasteiger partial charge is 0.387 e. The third-order valence-electron chi connectivity index (χ3n) is 3.33. The Balaban J connectivity index is 1.98. The van der Waals surface area contributed by atoms with Gasteiger partial charge in [0.05, 0.1) is 11.3 Å². The van der Waals surface area contributed by atoms with Crippen molar-refractivity contribution in [2.45, 2.75) is 26.3 Å². The number of hydrogen-bond donors (Lipinski definition) is 1. The van der Waals surface area contributed by atoms with E-state index in [0.717, 1.165) is 12.1 Å². The van der Waals surface area contributed by atoms with Gasteiger partial charge in [0, 0.05) is 0 Å². The summed E-state index contributed by atoms with van der Waals surface area (Å²) in [4.78, 5) is 24.2. The second-order valence-corrected chi connectivity index (χ2v) is 5.31. The first-order valence-electron chi connectivity index (χ1n) is 7.87. The first-order chi connectivity index (χ1) is 13.3. The number of carbonyl (C=O) groups is 2. The molecule has 0 unspecified atom stereocenters. The van der Waals surface area contributed by atoms with E-state index in [2.05, 4.69) is 14.8 Å². The number of amides is 1. The van der Waals surface area contributed by atoms with Crippen LogP contribution < -0.4 is 14.8 Å². The molecule has 28 heavy (non-hydrogen) atoms. The summed E-state index contributed by atoms with van der Waals surface area (Å²) in [5.74, 6) is -2.06. The fourth-order valence-electron chi connectivity index (χ4n) is 2.06. The van der Waals surface area contributed by atoms with Gasteiger partial charge in [-0.3, -0.25) is 4.79 Å². The molecule has 0 aliphatic rings. The second kappa shape index (κ2) is 9.58. The maximum absolute atomic E-state index is 12.4. The Hall–Kier alpha value is -3.30. The van der Waals surface area contributed by atoms with Crippen LogP contribution in [0.5, 0.6) is 11.5 Å². The maximum atomic E-state index is 12.4. The lowest BCUT2D eigenvalue weighted by molar-refractivity contribution is -0.123. The standard InChI is InChI=1S/C18H15F4NO5/c1-10(15(24)23-13-4-2-3-5-14(13)28-18(21)22)26-16(25)11-6-8-12(9-7-11)27-17(19)20/h2-10,17-18H,1H3,(H,23,24)/t10-/m1/s1. The van der Waals surface area contributed by atoms with Gasteiger partial charge in [-0.25, -0.2) is 4.79 Å². The van der Waals surface area contributed by atoms with Crippen LogP contribution in [0.4, 0.5) is 23.2 Å². The van der Waals surface area contributed by atoms with Crippen molar-refractivity contribution in [1.29, 1.82) is 0 Å². The molecule has 0 aliphatic heterocycles. The van der Waals surface area contributed by atoms with E-state index in [9.17, 15) is 27.2 Å². The summed E-state index contributed by atoms with van der Waals surface area (Å²) < 4.78 is 62.5. The van der Waals surface area contributed by atoms with Crippen LogP contribution in [0.2, 0.25) is 0 Å². The number of ether oxygens (including phenoxy) is 3. The molecule has 6 nitrogen and oxygen atoms in total. The van der Waals surface area contributed by atoms with Crippen LogP contribution in [0.15, 0.2) is 48.5 Å². The predicted octanol–water partition coefficient (Wildman–Crippen LogP) is 4.07. The zero-order chi connectivity index (χ0) is 20.7. The topological polar surface area (TPSA) is 73.9 Å². The number of carbonyl (C=O) groups excluding carboxylic acids is 2. The summed E-state index contributed by atoms with van der Waals surface area (Å²) in [6.45, 7) is -4.80. The highest BCUT2D eigenvalue weighted by Gasteiger charge is 2.21. The molecule has 0 spiro atoms. The van der Waals surface area contributed by atoms with Crippen LogP contribution in [-0.4, -0.2) is 31.2 Å². The molecule has 2 aromatic rings. The number of benzene rings is 2. The number of anilines is 1. The van der Waals surface area contributed by atoms with E-state index in [1.165, 1.54) is 43.3 Å². The molecule has 0 aliphatic carbocycles. The number of hydrogen-bond acceptors (Lipinski definition) is 5. The quantitative estimate of drug-likeness (QED) is 0.533. The third kappa shape index (κ3) is 6.15. The lowest BCUT2D eigenvalue weighted by Gasteiger charge is -2.16. The molecule has 0 aromatic heterocycles. The summed E-state index contributed by atoms with van der Waals surface area (Å²) in [6, 6.07) is 10.2. The van der Waals surface area contributed by atoms with Crippen molar-refractivity contribution in [3.8, 4) is 11.5 Å². The summed E-state index contributed by atoms with van der Waals surface area (Å²) in [7, 11) is 0. The third-order valence-corrected chi connectivity index (χ3v) is 3.33. The van der Waals surface area contributed by atoms with Crippen LogP contribution in [0.1, 0.15) is 17.3 Å². The molecule has 1 amide bonds. The molecular weight excluding hydrogens is 386 g/mol. The Kier molecular flexibility index (Phi) is 7.19. The van der Waals surface area contributed by atoms with E-state index in [-0.39, 0.29) is 22.7 Å². The number of nitrogens with one attached hydrogen (secondary N) is 1. The first-order valence-corrected chi connectivity index (χ1v) is 7.87. The van der Waals surface area contributed by atoms with Gasteiger partial charge in [0.15, 0.2) is 6.10 Å². The summed E-state index contributed by atoms with van der Waals surface area (Å²) >= 11 is 0. The highest BCUT2D eigenvalue weighted by atomic mass is 19.3. The van der Waals surface area contributed by atoms with E-state index in [0.29, 0.717) is 0 Å². The normalized spacial score (nSPS) is 11.8. The van der Waals surface area contributed by atoms with Crippen molar-refractivity contribution in [2.75, 3.05) is 5.32 Å². The van der Waals surface area contributed by atoms with Crippen molar-refractivity contribution in [3.63, 3.8) is 0 Å². The van der Waals surface area contributed by atoms with Crippen molar-refractivity contribution >= 4 is 17.6 Å². The molecule has 2 rings (SSSR count). The van der Waals surface area contributed by atoms with Gasteiger partial charge in [-0.1, -0.05) is 12.1 Å². The number of esters is 1. The van der Waals surface area contributed by atoms with Gasteiger partial charge >= 0.3 is 19.2 Å². The monoisotopic (exact) mass is 401 g/mol. The van der Waals surface area contributed by atoms with E-state index < -0.39 is 31.2 Å². The zero-order valence-electron chi connectivity index (χ0n) is 14.4. The highest BCUT2D eigenvalue weighted by Crippen LogP contribution is 2.25. The number of rotatable bonds is 8. The van der Waals surface area contributed by atoms with Crippen LogP contribution in [-0.2, 0) is 9.53 Å². The summed E-state index contributed by atoms with van der Waals surface area (Å²) in [6.07, 6.45) is -1.27. The fraction of sp³-hybridized carbons (Fsp3) is 0.222. The van der Waals surface area contributed by atoms with Gasteiger partial charge in [-0.15, -0.1) is 0 Å². The number of para-hydroxylation sites is 2. The van der Waals surface area contributed by atoms with Crippen molar-refractivity contribution in [3.05, 3.63) is 54.1 Å². The SMILES string of the molecule is C[C@@H](OC(=O)c1ccc(OC(F)F)cc1)C(=O)Nc1ccccc1OC(F)F. The minimum atomic E-state index is -3.08. The van der Waals surface area contributed by atoms with E-state index in [1.54, 1.807) is 0 Å². The molecule has 1 N–H and O–H groups in total. The van der Waals surface area contributed by atoms with Gasteiger partial charge in [0.25, 0.3) is 5.91 Å². The van der Waals surface area contributed by atoms with Crippen molar-refractivity contribution < 1.29 is 41.4 Å². The molecule has 0 saturated heterocycles. The lowest BCUT2D eigenvalue weighted by Crippen LogP contribution is -2.30. The Morgan fingerprint density at radius 2 is 1.50 bits per heavy atom. The molecule has 0 heterocycles. The van der Waals surface area contributed by atoms with Crippen LogP contribution >= 0.6 is 0 Å². The summed E-state index contributed by atoms with van der Waals surface area (Å²) in [5, 5.41) is 2.33. The van der Waals surface area contributed by atoms with Crippen LogP contribution in [0.3, 0.4) is 0 Å². The summed E-state index contributed by atoms with van der Waals surface area (Å²) in [5.41, 5.74) is -0.0214. The molecule has 0 fully saturated rings. The average molecular weight is 401 g/mol. The van der Waals surface area contributed by atoms with E-state index in [1.807, 2.05) is 0 Å². The minimum absolute atomic E-state index is 0.00250. The molecule has 0 saturated carbocycles. The van der Waals surface area contributed by atoms with E-state index in [4.69, 9.17) is 4.74 Å². The second-order valence-electron chi connectivity index (χ2n) is 5.31. The van der Waals surface area contributed by atoms with Gasteiger partial charge in [-0.2, -0.15) is 17.6 Å². The average Bonchev–Trinajstić information content (AvgIpc) is 2.62. The molecule has 2 aromatic carbocycles. The van der Waals surface area contributed by atoms with Crippen LogP contribution in [0.25, 0.3) is 0 Å². The van der Waals surface area contributed by atoms with Gasteiger partial charge in [0.2, 0.25) is 0 Å². The molecular formula is C18H15F4NO5. The van der Waals surface area contributed by atoms with Crippen molar-refractivity contribution in [2.24, 2.45) is 0 Å².